The molecule has 29 valence electrons. The number of rotatable bonds is 2. The molecule has 0 spiro atoms. The third-order valence-corrected chi connectivity index (χ3v) is 0.148. The van der Waals surface area contributed by atoms with Gasteiger partial charge >= 0.3 is 0 Å². The summed E-state index contributed by atoms with van der Waals surface area (Å²) >= 11 is 0. The number of carbonyl (C=O) groups excluding carboxylic acids is 1. The van der Waals surface area contributed by atoms with Gasteiger partial charge in [0.25, 0.3) is 6.41 Å². The fourth-order valence-electron chi connectivity index (χ4n) is 0.0430. The van der Waals surface area contributed by atoms with Gasteiger partial charge in [0, 0.05) is 0 Å². The Hall–Kier alpha value is -0.570. The molecule has 1 amide bonds. The fourth-order valence-corrected chi connectivity index (χ4v) is 0.0430. The lowest BCUT2D eigenvalue weighted by molar-refractivity contribution is -0.119. The molecular weight excluding hydrogens is 70.0 g/mol. The number of nitrogens with zero attached hydrogens (tertiary/aromatic N) is 1. The quantitative estimate of drug-likeness (QED) is 0.321. The molecule has 3 nitrogen and oxygen atoms in total. The summed E-state index contributed by atoms with van der Waals surface area (Å²) in [4.78, 5) is 13.1. The van der Waals surface area contributed by atoms with Gasteiger partial charge in [-0.25, -0.2) is 0 Å². The molecule has 0 N–H and O–H groups in total. The van der Waals surface area contributed by atoms with Gasteiger partial charge in [0.2, 0.25) is 0 Å². The maximum Gasteiger partial charge on any atom is 0.257 e. The molecule has 0 aromatic rings. The van der Waals surface area contributed by atoms with Crippen LogP contribution in [0.4, 0.5) is 0 Å². The molecule has 0 fully saturated rings. The molecule has 3 heteroatoms. The van der Waals surface area contributed by atoms with E-state index in [2.05, 4.69) is 10.3 Å². The lowest BCUT2D eigenvalue weighted by Gasteiger charge is -1.75. The monoisotopic (exact) mass is 74.0 g/mol. The van der Waals surface area contributed by atoms with Crippen molar-refractivity contribution in [2.75, 3.05) is 7.11 Å². The van der Waals surface area contributed by atoms with E-state index >= 15 is 0 Å². The standard InChI is InChI=1S/C2H4NO2/c1-5-3-2-4/h2H,1H3. The molecule has 0 saturated heterocycles. The number of carbonyl (C=O) groups is 1. The van der Waals surface area contributed by atoms with Crippen LogP contribution >= 0.6 is 0 Å². The molecule has 0 heterocycles. The van der Waals surface area contributed by atoms with E-state index < -0.39 is 0 Å². The molecular formula is C2H4NO2. The van der Waals surface area contributed by atoms with Crippen LogP contribution in [0.15, 0.2) is 0 Å². The van der Waals surface area contributed by atoms with Gasteiger partial charge in [0.15, 0.2) is 0 Å². The zero-order valence-electron chi connectivity index (χ0n) is 2.84. The van der Waals surface area contributed by atoms with Crippen LogP contribution in [-0.2, 0) is 9.63 Å². The lowest BCUT2D eigenvalue weighted by atomic mass is 11.4. The first-order valence-corrected chi connectivity index (χ1v) is 1.08. The Balaban J connectivity index is 2.40. The molecule has 0 aromatic heterocycles. The van der Waals surface area contributed by atoms with Gasteiger partial charge in [-0.2, -0.15) is 0 Å². The van der Waals surface area contributed by atoms with Crippen LogP contribution in [0, 0.1) is 0 Å². The summed E-state index contributed by atoms with van der Waals surface area (Å²) in [6.45, 7) is 0. The highest BCUT2D eigenvalue weighted by Gasteiger charge is 1.62. The molecule has 0 aliphatic rings. The molecule has 0 aliphatic heterocycles. The number of hydrogen-bond donors (Lipinski definition) is 0. The first-order chi connectivity index (χ1) is 2.41. The van der Waals surface area contributed by atoms with E-state index in [1.54, 1.807) is 0 Å². The van der Waals surface area contributed by atoms with Crippen LogP contribution in [0.25, 0.3) is 0 Å². The van der Waals surface area contributed by atoms with Gasteiger partial charge in [-0.15, -0.1) is 0 Å². The van der Waals surface area contributed by atoms with Crippen LogP contribution in [-0.4, -0.2) is 13.5 Å². The van der Waals surface area contributed by atoms with Crippen molar-refractivity contribution in [1.29, 1.82) is 0 Å². The van der Waals surface area contributed by atoms with E-state index in [-0.39, 0.29) is 0 Å². The van der Waals surface area contributed by atoms with E-state index in [0.717, 1.165) is 0 Å². The average molecular weight is 74.1 g/mol. The zero-order chi connectivity index (χ0) is 4.12. The SMILES string of the molecule is CO[N]C=O. The average Bonchev–Trinajstić information content (AvgIpc) is 1.41. The predicted octanol–water partition coefficient (Wildman–Crippen LogP) is -0.691. The summed E-state index contributed by atoms with van der Waals surface area (Å²) in [5, 5.41) is 0. The van der Waals surface area contributed by atoms with E-state index in [1.165, 1.54) is 7.11 Å². The molecule has 1 radical (unpaired) electrons. The normalized spacial score (nSPS) is 6.60. The van der Waals surface area contributed by atoms with Gasteiger partial charge < -0.3 is 0 Å². The Kier molecular flexibility index (Phi) is 3.04. The molecule has 0 atom stereocenters. The minimum Gasteiger partial charge on any atom is -0.274 e. The van der Waals surface area contributed by atoms with Gasteiger partial charge in [-0.05, 0) is 0 Å². The first kappa shape index (κ1) is 4.43. The molecule has 0 aromatic carbocycles. The second-order valence-electron chi connectivity index (χ2n) is 0.393. The molecule has 0 aliphatic carbocycles. The third-order valence-electron chi connectivity index (χ3n) is 0.148. The molecule has 0 unspecified atom stereocenters. The van der Waals surface area contributed by atoms with Gasteiger partial charge in [-0.1, -0.05) is 5.48 Å². The second kappa shape index (κ2) is 3.43. The summed E-state index contributed by atoms with van der Waals surface area (Å²) in [6.07, 6.45) is 0.333. The van der Waals surface area contributed by atoms with Crippen molar-refractivity contribution in [1.82, 2.24) is 5.48 Å². The predicted molar refractivity (Wildman–Crippen MR) is 15.2 cm³/mol. The van der Waals surface area contributed by atoms with E-state index in [0.29, 0.717) is 6.41 Å². The Morgan fingerprint density at radius 2 is 2.60 bits per heavy atom. The van der Waals surface area contributed by atoms with Crippen molar-refractivity contribution in [3.05, 3.63) is 0 Å². The van der Waals surface area contributed by atoms with Gasteiger partial charge in [-0.3, -0.25) is 9.63 Å². The van der Waals surface area contributed by atoms with E-state index in [4.69, 9.17) is 4.79 Å². The van der Waals surface area contributed by atoms with E-state index in [9.17, 15) is 0 Å². The number of hydrogen-bond acceptors (Lipinski definition) is 2. The first-order valence-electron chi connectivity index (χ1n) is 1.08. The van der Waals surface area contributed by atoms with Crippen LogP contribution in [0.3, 0.4) is 0 Å². The number of amides is 1. The minimum atomic E-state index is 0.333. The Bertz CT molecular complexity index is 28.8. The maximum absolute atomic E-state index is 9.11. The highest BCUT2D eigenvalue weighted by Crippen LogP contribution is 1.41. The van der Waals surface area contributed by atoms with Crippen molar-refractivity contribution in [2.45, 2.75) is 0 Å². The zero-order valence-corrected chi connectivity index (χ0v) is 2.84. The topological polar surface area (TPSA) is 40.4 Å². The van der Waals surface area contributed by atoms with Crippen LogP contribution in [0.1, 0.15) is 0 Å². The van der Waals surface area contributed by atoms with Crippen molar-refractivity contribution in [3.8, 4) is 0 Å². The van der Waals surface area contributed by atoms with Crippen LogP contribution in [0.2, 0.25) is 0 Å². The van der Waals surface area contributed by atoms with Crippen LogP contribution in [0.5, 0.6) is 0 Å². The largest absolute Gasteiger partial charge is 0.274 e. The summed E-state index contributed by atoms with van der Waals surface area (Å²) in [5.74, 6) is 0. The van der Waals surface area contributed by atoms with Gasteiger partial charge in [0.1, 0.15) is 0 Å². The Morgan fingerprint density at radius 1 is 2.00 bits per heavy atom. The molecule has 0 bridgehead atoms. The van der Waals surface area contributed by atoms with Crippen molar-refractivity contribution in [3.63, 3.8) is 0 Å². The van der Waals surface area contributed by atoms with Crippen molar-refractivity contribution < 1.29 is 9.63 Å². The molecule has 0 rings (SSSR count). The summed E-state index contributed by atoms with van der Waals surface area (Å²) in [5.41, 5.74) is 2.79. The Labute approximate surface area is 29.9 Å². The van der Waals surface area contributed by atoms with Crippen molar-refractivity contribution in [2.24, 2.45) is 0 Å². The smallest absolute Gasteiger partial charge is 0.257 e. The van der Waals surface area contributed by atoms with Crippen LogP contribution < -0.4 is 5.48 Å². The Morgan fingerprint density at radius 3 is 2.60 bits per heavy atom. The van der Waals surface area contributed by atoms with Crippen molar-refractivity contribution >= 4 is 6.41 Å². The van der Waals surface area contributed by atoms with Gasteiger partial charge in [0.05, 0.1) is 7.11 Å². The minimum absolute atomic E-state index is 0.333. The second-order valence-corrected chi connectivity index (χ2v) is 0.393. The number of hydroxylamine groups is 1. The highest BCUT2D eigenvalue weighted by atomic mass is 16.6. The molecule has 0 saturated carbocycles. The maximum atomic E-state index is 9.11. The highest BCUT2D eigenvalue weighted by molar-refractivity contribution is 5.43. The molecule has 5 heavy (non-hydrogen) atoms. The fraction of sp³-hybridized carbons (Fsp3) is 0.500. The summed E-state index contributed by atoms with van der Waals surface area (Å²) < 4.78 is 0. The third kappa shape index (κ3) is 3.43. The lowest BCUT2D eigenvalue weighted by Crippen LogP contribution is -1.95. The summed E-state index contributed by atoms with van der Waals surface area (Å²) in [7, 11) is 1.31. The summed E-state index contributed by atoms with van der Waals surface area (Å²) in [6, 6.07) is 0. The van der Waals surface area contributed by atoms with E-state index in [1.807, 2.05) is 0 Å².